The van der Waals surface area contributed by atoms with E-state index >= 15 is 0 Å². The Labute approximate surface area is 241 Å². The number of aromatic nitrogens is 4. The maximum Gasteiger partial charge on any atom is 0.248 e. The molecule has 7 aromatic rings. The van der Waals surface area contributed by atoms with Crippen LogP contribution in [-0.2, 0) is 6.42 Å². The van der Waals surface area contributed by atoms with Crippen LogP contribution in [0, 0.1) is 5.82 Å². The summed E-state index contributed by atoms with van der Waals surface area (Å²) in [5, 5.41) is 5.20. The normalized spacial score (nSPS) is 11.1. The second kappa shape index (κ2) is 11.6. The van der Waals surface area contributed by atoms with Gasteiger partial charge in [0.25, 0.3) is 0 Å². The molecule has 0 aliphatic heterocycles. The third kappa shape index (κ3) is 5.23. The number of halogens is 1. The van der Waals surface area contributed by atoms with Crippen LogP contribution < -0.4 is 11.1 Å². The van der Waals surface area contributed by atoms with Gasteiger partial charge in [0, 0.05) is 40.0 Å². The molecule has 7 nitrogen and oxygen atoms in total. The number of aromatic amines is 1. The molecule has 208 valence electrons. The van der Waals surface area contributed by atoms with E-state index in [0.29, 0.717) is 22.4 Å². The number of nitrogens with two attached hydrogens (primary N) is 1. The Kier molecular flexibility index (Phi) is 7.45. The molecular weight excluding hydrogens is 527 g/mol. The molecular formula is C34H29FN6O. The number of imidazole rings is 1. The van der Waals surface area contributed by atoms with Crippen molar-refractivity contribution < 1.29 is 9.18 Å². The third-order valence-corrected chi connectivity index (χ3v) is 7.19. The maximum absolute atomic E-state index is 13.7. The number of pyridine rings is 1. The lowest BCUT2D eigenvalue weighted by atomic mass is 10.1. The Bertz CT molecular complexity index is 2010. The van der Waals surface area contributed by atoms with Crippen LogP contribution in [0.15, 0.2) is 109 Å². The highest BCUT2D eigenvalue weighted by molar-refractivity contribution is 6.15. The van der Waals surface area contributed by atoms with E-state index < -0.39 is 5.91 Å². The van der Waals surface area contributed by atoms with Gasteiger partial charge >= 0.3 is 0 Å². The number of H-pyrrole nitrogens is 1. The average Bonchev–Trinajstić information content (AvgIpc) is 3.60. The first-order chi connectivity index (χ1) is 20.5. The van der Waals surface area contributed by atoms with Gasteiger partial charge in [0.15, 0.2) is 0 Å². The number of primary amides is 1. The molecule has 4 aromatic carbocycles. The van der Waals surface area contributed by atoms with Crippen molar-refractivity contribution in [1.82, 2.24) is 24.8 Å². The molecule has 0 aliphatic carbocycles. The molecule has 3 aromatic heterocycles. The lowest BCUT2D eigenvalue weighted by molar-refractivity contribution is 0.100. The Morgan fingerprint density at radius 2 is 1.76 bits per heavy atom. The van der Waals surface area contributed by atoms with Crippen molar-refractivity contribution in [2.45, 2.75) is 6.42 Å². The van der Waals surface area contributed by atoms with Gasteiger partial charge in [-0.3, -0.25) is 9.78 Å². The predicted octanol–water partition coefficient (Wildman–Crippen LogP) is 6.41. The summed E-state index contributed by atoms with van der Waals surface area (Å²) in [4.78, 5) is 23.5. The zero-order valence-corrected chi connectivity index (χ0v) is 23.0. The minimum absolute atomic E-state index is 0.304. The Balaban J connectivity index is 0.000000269. The van der Waals surface area contributed by atoms with Gasteiger partial charge in [0.2, 0.25) is 5.91 Å². The highest BCUT2D eigenvalue weighted by atomic mass is 19.1. The summed E-state index contributed by atoms with van der Waals surface area (Å²) in [7, 11) is 1.95. The van der Waals surface area contributed by atoms with Crippen molar-refractivity contribution in [3.63, 3.8) is 0 Å². The Morgan fingerprint density at radius 3 is 2.52 bits per heavy atom. The first-order valence-corrected chi connectivity index (χ1v) is 13.6. The summed E-state index contributed by atoms with van der Waals surface area (Å²) in [5.74, 6) is -0.0764. The number of nitrogens with zero attached hydrogens (tertiary/aromatic N) is 3. The van der Waals surface area contributed by atoms with Crippen LogP contribution in [0.2, 0.25) is 0 Å². The van der Waals surface area contributed by atoms with Crippen molar-refractivity contribution in [2.75, 3.05) is 13.6 Å². The number of nitrogens with one attached hydrogen (secondary N) is 2. The molecule has 0 bridgehead atoms. The maximum atomic E-state index is 13.7. The van der Waals surface area contributed by atoms with Gasteiger partial charge in [-0.05, 0) is 86.2 Å². The Morgan fingerprint density at radius 1 is 0.952 bits per heavy atom. The molecule has 42 heavy (non-hydrogen) atoms. The molecule has 0 radical (unpaired) electrons. The van der Waals surface area contributed by atoms with E-state index in [9.17, 15) is 9.18 Å². The monoisotopic (exact) mass is 556 g/mol. The Hall–Kier alpha value is -5.34. The first-order valence-electron chi connectivity index (χ1n) is 13.6. The fraction of sp³-hybridized carbons (Fsp3) is 0.0882. The third-order valence-electron chi connectivity index (χ3n) is 7.19. The number of hydrogen-bond donors (Lipinski definition) is 3. The van der Waals surface area contributed by atoms with E-state index in [2.05, 4.69) is 44.1 Å². The van der Waals surface area contributed by atoms with Gasteiger partial charge < -0.3 is 20.6 Å². The molecule has 1 amide bonds. The minimum Gasteiger partial charge on any atom is -0.366 e. The van der Waals surface area contributed by atoms with Crippen molar-refractivity contribution in [2.24, 2.45) is 5.73 Å². The summed E-state index contributed by atoms with van der Waals surface area (Å²) < 4.78 is 15.9. The van der Waals surface area contributed by atoms with Gasteiger partial charge in [-0.2, -0.15) is 0 Å². The van der Waals surface area contributed by atoms with Crippen molar-refractivity contribution in [3.8, 4) is 17.1 Å². The van der Waals surface area contributed by atoms with E-state index in [-0.39, 0.29) is 5.82 Å². The highest BCUT2D eigenvalue weighted by Gasteiger charge is 2.18. The fourth-order valence-electron chi connectivity index (χ4n) is 5.19. The highest BCUT2D eigenvalue weighted by Crippen LogP contribution is 2.38. The standard InChI is InChI=1S/C26H17FN4O.C8H12N2/c27-16-10-13-20-21(14-16)30-26(29-20)19-5-3-7-23-24(19)18-4-1-2-6-22(18)31(23)17-11-8-15(9-12-17)25(28)32;1-9-6-4-8-3-2-5-10-7-8/h1-14H,(H2,28,32)(H,29,30);2-3,5,7,9H,4,6H2,1H3. The number of likely N-dealkylation sites (N-methyl/N-ethyl adjacent to an activating group) is 1. The zero-order valence-electron chi connectivity index (χ0n) is 23.0. The van der Waals surface area contributed by atoms with Crippen LogP contribution in [-0.4, -0.2) is 39.0 Å². The van der Waals surface area contributed by atoms with Crippen molar-refractivity contribution in [1.29, 1.82) is 0 Å². The number of benzene rings is 4. The van der Waals surface area contributed by atoms with Gasteiger partial charge in [-0.1, -0.05) is 36.4 Å². The zero-order chi connectivity index (χ0) is 29.1. The number of para-hydroxylation sites is 1. The summed E-state index contributed by atoms with van der Waals surface area (Å²) >= 11 is 0. The summed E-state index contributed by atoms with van der Waals surface area (Å²) in [6.07, 6.45) is 4.75. The average molecular weight is 557 g/mol. The van der Waals surface area contributed by atoms with E-state index in [1.807, 2.05) is 55.7 Å². The fourth-order valence-corrected chi connectivity index (χ4v) is 5.19. The van der Waals surface area contributed by atoms with E-state index in [1.165, 1.54) is 17.7 Å². The molecule has 0 atom stereocenters. The molecule has 8 heteroatoms. The predicted molar refractivity (Wildman–Crippen MR) is 166 cm³/mol. The second-order valence-electron chi connectivity index (χ2n) is 9.93. The molecule has 0 saturated heterocycles. The lowest BCUT2D eigenvalue weighted by Gasteiger charge is -2.08. The van der Waals surface area contributed by atoms with Gasteiger partial charge in [0.05, 0.1) is 22.1 Å². The molecule has 0 aliphatic rings. The smallest absolute Gasteiger partial charge is 0.248 e. The second-order valence-corrected chi connectivity index (χ2v) is 9.93. The van der Waals surface area contributed by atoms with Gasteiger partial charge in [-0.15, -0.1) is 0 Å². The van der Waals surface area contributed by atoms with Crippen LogP contribution in [0.5, 0.6) is 0 Å². The van der Waals surface area contributed by atoms with Crippen LogP contribution in [0.25, 0.3) is 49.9 Å². The van der Waals surface area contributed by atoms with Crippen molar-refractivity contribution >= 4 is 38.7 Å². The summed E-state index contributed by atoms with van der Waals surface area (Å²) in [6.45, 7) is 1.02. The van der Waals surface area contributed by atoms with E-state index in [1.54, 1.807) is 24.4 Å². The van der Waals surface area contributed by atoms with Gasteiger partial charge in [-0.25, -0.2) is 9.37 Å². The molecule has 0 fully saturated rings. The number of carbonyl (C=O) groups excluding carboxylic acids is 1. The molecule has 7 rings (SSSR count). The largest absolute Gasteiger partial charge is 0.366 e. The topological polar surface area (TPSA) is 102 Å². The van der Waals surface area contributed by atoms with Crippen LogP contribution in [0.4, 0.5) is 4.39 Å². The number of amides is 1. The number of carbonyl (C=O) groups is 1. The lowest BCUT2D eigenvalue weighted by Crippen LogP contribution is -2.10. The number of rotatable bonds is 6. The SMILES string of the molecule is CNCCc1cccnc1.NC(=O)c1ccc(-n2c3ccccc3c3c(-c4nc5ccc(F)cc5[nH]4)cccc32)cc1. The summed E-state index contributed by atoms with van der Waals surface area (Å²) in [5.41, 5.74) is 12.4. The van der Waals surface area contributed by atoms with Crippen LogP contribution >= 0.6 is 0 Å². The summed E-state index contributed by atoms with van der Waals surface area (Å²) in [6, 6.07) is 30.1. The quantitative estimate of drug-likeness (QED) is 0.220. The first kappa shape index (κ1) is 26.9. The van der Waals surface area contributed by atoms with Crippen LogP contribution in [0.1, 0.15) is 15.9 Å². The van der Waals surface area contributed by atoms with Crippen molar-refractivity contribution in [3.05, 3.63) is 126 Å². The van der Waals surface area contributed by atoms with E-state index in [4.69, 9.17) is 10.7 Å². The molecule has 4 N–H and O–H groups in total. The number of hydrogen-bond acceptors (Lipinski definition) is 4. The molecule has 0 unspecified atom stereocenters. The van der Waals surface area contributed by atoms with E-state index in [0.717, 1.165) is 46.0 Å². The molecule has 0 spiro atoms. The minimum atomic E-state index is -0.456. The molecule has 3 heterocycles. The van der Waals surface area contributed by atoms with Gasteiger partial charge in [0.1, 0.15) is 11.6 Å². The van der Waals surface area contributed by atoms with Crippen LogP contribution in [0.3, 0.4) is 0 Å². The molecule has 0 saturated carbocycles. The number of fused-ring (bicyclic) bond motifs is 4.